The van der Waals surface area contributed by atoms with Crippen LogP contribution in [0.3, 0.4) is 0 Å². The van der Waals surface area contributed by atoms with Gasteiger partial charge in [-0.05, 0) is 24.7 Å². The fourth-order valence-electron chi connectivity index (χ4n) is 4.86. The van der Waals surface area contributed by atoms with Crippen molar-refractivity contribution in [2.45, 2.75) is 63.6 Å². The minimum absolute atomic E-state index is 0. The molecule has 0 N–H and O–H groups in total. The zero-order valence-electron chi connectivity index (χ0n) is 14.8. The van der Waals surface area contributed by atoms with E-state index in [1.54, 1.807) is 6.08 Å². The van der Waals surface area contributed by atoms with Crippen molar-refractivity contribution >= 4 is 5.78 Å². The number of Topliss-reactive ketones (excluding diaryl/α,β-unsaturated/α-hetero) is 1. The normalized spacial score (nSPS) is 35.2. The molecule has 5 heteroatoms. The second kappa shape index (κ2) is 7.21. The molecule has 2 unspecified atom stereocenters. The summed E-state index contributed by atoms with van der Waals surface area (Å²) in [5.74, 6) is 1.68. The third-order valence-electron chi connectivity index (χ3n) is 5.98. The van der Waals surface area contributed by atoms with Gasteiger partial charge in [-0.1, -0.05) is 13.3 Å². The first-order chi connectivity index (χ1) is 11.6. The zero-order chi connectivity index (χ0) is 16.9. The van der Waals surface area contributed by atoms with Crippen LogP contribution in [0.15, 0.2) is 22.3 Å². The first-order valence-corrected chi connectivity index (χ1v) is 8.90. The Labute approximate surface area is 174 Å². The van der Waals surface area contributed by atoms with Crippen LogP contribution in [0.2, 0.25) is 0 Å². The Balaban J connectivity index is 0.00000182. The van der Waals surface area contributed by atoms with E-state index in [-0.39, 0.29) is 50.0 Å². The first-order valence-electron chi connectivity index (χ1n) is 8.90. The van der Waals surface area contributed by atoms with Crippen LogP contribution in [0.5, 0.6) is 0 Å². The van der Waals surface area contributed by atoms with Gasteiger partial charge in [0, 0.05) is 39.6 Å². The number of ether oxygens (including phenoxy) is 1. The van der Waals surface area contributed by atoms with Crippen molar-refractivity contribution in [1.29, 1.82) is 0 Å². The summed E-state index contributed by atoms with van der Waals surface area (Å²) in [5, 5.41) is 0. The van der Waals surface area contributed by atoms with Crippen LogP contribution in [0.25, 0.3) is 0 Å². The monoisotopic (exact) mass is 414 g/mol. The van der Waals surface area contributed by atoms with E-state index in [9.17, 15) is 4.79 Å². The van der Waals surface area contributed by atoms with E-state index in [1.807, 2.05) is 0 Å². The fraction of sp³-hybridized carbons (Fsp3) is 0.600. The van der Waals surface area contributed by atoms with Gasteiger partial charge in [0.05, 0.1) is 12.0 Å². The maximum atomic E-state index is 11.5. The van der Waals surface area contributed by atoms with Crippen molar-refractivity contribution in [1.82, 2.24) is 4.98 Å². The smallest absolute Gasteiger partial charge is 0.201 e. The number of oxazole rings is 1. The predicted molar refractivity (Wildman–Crippen MR) is 88.2 cm³/mol. The second-order valence-corrected chi connectivity index (χ2v) is 7.24. The van der Waals surface area contributed by atoms with Gasteiger partial charge in [-0.15, -0.1) is 12.8 Å². The van der Waals surface area contributed by atoms with Crippen LogP contribution < -0.4 is 0 Å². The van der Waals surface area contributed by atoms with Crippen LogP contribution in [0, 0.1) is 24.5 Å². The van der Waals surface area contributed by atoms with Crippen LogP contribution in [-0.2, 0) is 37.4 Å². The summed E-state index contributed by atoms with van der Waals surface area (Å²) < 4.78 is 11.7. The molecule has 2 heterocycles. The Morgan fingerprint density at radius 3 is 2.92 bits per heavy atom. The number of carbonyl (C=O) groups is 1. The van der Waals surface area contributed by atoms with Gasteiger partial charge in [-0.2, -0.15) is 0 Å². The summed E-state index contributed by atoms with van der Waals surface area (Å²) in [6, 6.07) is 0. The molecule has 3 aliphatic rings. The molecule has 2 saturated carbocycles. The maximum absolute atomic E-state index is 11.5. The van der Waals surface area contributed by atoms with Gasteiger partial charge in [0.2, 0.25) is 5.89 Å². The van der Waals surface area contributed by atoms with Gasteiger partial charge >= 0.3 is 0 Å². The quantitative estimate of drug-likeness (QED) is 0.293. The van der Waals surface area contributed by atoms with E-state index in [1.165, 1.54) is 19.6 Å². The summed E-state index contributed by atoms with van der Waals surface area (Å²) in [4.78, 5) is 16.0. The van der Waals surface area contributed by atoms with E-state index in [4.69, 9.17) is 15.7 Å². The molecule has 1 saturated heterocycles. The Morgan fingerprint density at radius 2 is 2.32 bits per heavy atom. The molecule has 0 bridgehead atoms. The Bertz CT molecular complexity index is 710. The number of nitrogens with zero attached hydrogens (tertiary/aromatic N) is 1. The molecule has 5 atom stereocenters. The van der Waals surface area contributed by atoms with Crippen molar-refractivity contribution in [3.8, 4) is 0 Å². The number of ketones is 1. The van der Waals surface area contributed by atoms with Gasteiger partial charge < -0.3 is 33.5 Å². The Morgan fingerprint density at radius 1 is 1.52 bits per heavy atom. The molecular formula is C20H23NO3Y-2. The molecule has 131 valence electrons. The molecule has 1 aliphatic heterocycles. The van der Waals surface area contributed by atoms with Gasteiger partial charge in [-0.25, -0.2) is 4.98 Å². The second-order valence-electron chi connectivity index (χ2n) is 7.24. The number of epoxide rings is 1. The molecule has 1 aromatic rings. The molecular weight excluding hydrogens is 391 g/mol. The molecule has 0 aromatic carbocycles. The maximum Gasteiger partial charge on any atom is 0.201 e. The zero-order valence-corrected chi connectivity index (χ0v) is 17.7. The summed E-state index contributed by atoms with van der Waals surface area (Å²) >= 11 is 0. The molecule has 0 amide bonds. The van der Waals surface area contributed by atoms with E-state index in [2.05, 4.69) is 18.0 Å². The Hall–Kier alpha value is -0.576. The molecule has 4 rings (SSSR count). The number of hydrogen-bond donors (Lipinski definition) is 0. The van der Waals surface area contributed by atoms with Gasteiger partial charge in [0.15, 0.2) is 5.78 Å². The number of rotatable bonds is 7. The summed E-state index contributed by atoms with van der Waals surface area (Å²) in [7, 11) is 0. The molecule has 2 aliphatic carbocycles. The molecule has 25 heavy (non-hydrogen) atoms. The molecule has 4 nitrogen and oxygen atoms in total. The van der Waals surface area contributed by atoms with Gasteiger partial charge in [-0.3, -0.25) is 4.79 Å². The van der Waals surface area contributed by atoms with E-state index in [0.717, 1.165) is 31.3 Å². The molecule has 3 fully saturated rings. The molecule has 1 spiro atoms. The van der Waals surface area contributed by atoms with E-state index < -0.39 is 0 Å². The number of allylic oxidation sites excluding steroid dienone is 3. The Kier molecular flexibility index (Phi) is 5.53. The minimum Gasteiger partial charge on any atom is -0.448 e. The summed E-state index contributed by atoms with van der Waals surface area (Å²) in [5.41, 5.74) is 1.41. The fourth-order valence-corrected chi connectivity index (χ4v) is 4.86. The van der Waals surface area contributed by atoms with Crippen molar-refractivity contribution in [2.24, 2.45) is 11.8 Å². The average molecular weight is 414 g/mol. The van der Waals surface area contributed by atoms with E-state index in [0.29, 0.717) is 29.5 Å². The van der Waals surface area contributed by atoms with Crippen LogP contribution in [-0.4, -0.2) is 22.5 Å². The third-order valence-corrected chi connectivity index (χ3v) is 5.98. The minimum atomic E-state index is -0.0807. The number of aromatic nitrogens is 1. The summed E-state index contributed by atoms with van der Waals surface area (Å²) in [6.45, 7) is 9.36. The predicted octanol–water partition coefficient (Wildman–Crippen LogP) is 4.04. The van der Waals surface area contributed by atoms with Crippen LogP contribution >= 0.6 is 0 Å². The topological polar surface area (TPSA) is 55.6 Å². The van der Waals surface area contributed by atoms with Gasteiger partial charge in [0.25, 0.3) is 0 Å². The average Bonchev–Trinajstić information content (AvgIpc) is 2.97. The van der Waals surface area contributed by atoms with Crippen molar-refractivity contribution < 1.29 is 46.7 Å². The first kappa shape index (κ1) is 19.2. The standard InChI is InChI=1S/C20H23NO3.Y/c1-4-6-13(5-2)7-8-14-15-9-10-17-20(15,24-17)18(14)19-21-16(11-23-19)12(3)22;/h2,5,11,14-15,17-18H,4,6,8-10H2,1,3H3;/q-2;/t14?,15-,17-,18?,20+;/m1./s1. The van der Waals surface area contributed by atoms with Crippen molar-refractivity contribution in [2.75, 3.05) is 0 Å². The van der Waals surface area contributed by atoms with Crippen molar-refractivity contribution in [3.05, 3.63) is 42.2 Å². The SMILES string of the molecule is [CH-]=CC(=[C-]CC1C(c2nc(C(C)=O)co2)[C@@]23O[C@@H]2CC[C@H]13)CCC.[Y]. The number of carbonyl (C=O) groups excluding carboxylic acids is 1. The van der Waals surface area contributed by atoms with Crippen molar-refractivity contribution in [3.63, 3.8) is 0 Å². The largest absolute Gasteiger partial charge is 0.448 e. The third kappa shape index (κ3) is 2.94. The van der Waals surface area contributed by atoms with E-state index >= 15 is 0 Å². The van der Waals surface area contributed by atoms with Crippen LogP contribution in [0.4, 0.5) is 0 Å². The molecule has 1 aromatic heterocycles. The molecule has 1 radical (unpaired) electrons. The number of hydrogen-bond acceptors (Lipinski definition) is 4. The van der Waals surface area contributed by atoms with Crippen LogP contribution in [0.1, 0.15) is 68.2 Å². The summed E-state index contributed by atoms with van der Waals surface area (Å²) in [6.07, 6.45) is 12.1. The van der Waals surface area contributed by atoms with Gasteiger partial charge in [0.1, 0.15) is 17.6 Å².